The molecule has 0 saturated heterocycles. The molecule has 0 aliphatic heterocycles. The summed E-state index contributed by atoms with van der Waals surface area (Å²) in [6.07, 6.45) is 3.33. The van der Waals surface area contributed by atoms with E-state index in [9.17, 15) is 19.2 Å². The molecule has 6 N–H and O–H groups in total. The van der Waals surface area contributed by atoms with E-state index in [0.717, 1.165) is 22.0 Å². The third kappa shape index (κ3) is 6.50. The molecule has 0 spiro atoms. The van der Waals surface area contributed by atoms with Crippen LogP contribution in [0.3, 0.4) is 0 Å². The van der Waals surface area contributed by atoms with E-state index in [1.54, 1.807) is 6.20 Å². The van der Waals surface area contributed by atoms with E-state index in [1.165, 1.54) is 0 Å². The van der Waals surface area contributed by atoms with Crippen molar-refractivity contribution in [1.29, 1.82) is 0 Å². The number of H-pyrrole nitrogens is 1. The maximum Gasteiger partial charge on any atom is 0.305 e. The van der Waals surface area contributed by atoms with E-state index in [1.807, 2.05) is 60.9 Å². The number of amides is 2. The molecule has 0 saturated carbocycles. The molecule has 0 unspecified atom stereocenters. The van der Waals surface area contributed by atoms with Crippen molar-refractivity contribution in [3.8, 4) is 0 Å². The summed E-state index contributed by atoms with van der Waals surface area (Å²) in [5.41, 5.74) is 8.14. The van der Waals surface area contributed by atoms with Crippen molar-refractivity contribution in [2.45, 2.75) is 37.4 Å². The van der Waals surface area contributed by atoms with Crippen LogP contribution in [0.5, 0.6) is 0 Å². The van der Waals surface area contributed by atoms with Crippen molar-refractivity contribution in [2.75, 3.05) is 0 Å². The first-order valence-corrected chi connectivity index (χ1v) is 10.4. The lowest BCUT2D eigenvalue weighted by atomic mass is 10.0. The Morgan fingerprint density at radius 1 is 0.970 bits per heavy atom. The summed E-state index contributed by atoms with van der Waals surface area (Å²) in [6, 6.07) is 13.3. The SMILES string of the molecule is N[C@@H](CC(=O)O)C(=O)N[C@@H](Cc1c[nH]c2ccccc12)C(=O)N[C@H]([C]=O)Cc1ccccc1. The largest absolute Gasteiger partial charge is 0.481 e. The van der Waals surface area contributed by atoms with Gasteiger partial charge in [-0.3, -0.25) is 19.2 Å². The number of carboxylic acids is 1. The highest BCUT2D eigenvalue weighted by atomic mass is 16.4. The normalized spacial score (nSPS) is 13.6. The molecule has 0 fully saturated rings. The standard InChI is InChI=1S/C24H25N4O5/c25-19(12-22(30)31)23(32)28-21(11-16-13-26-20-9-5-4-8-18(16)20)24(33)27-17(14-29)10-15-6-2-1-3-7-15/h1-9,13,17,19,21,26H,10-12,25H2,(H,27,33)(H,28,32)(H,30,31)/t17-,19-,21-/m0/s1. The fraction of sp³-hybridized carbons (Fsp3) is 0.250. The van der Waals surface area contributed by atoms with Crippen molar-refractivity contribution >= 4 is 35.0 Å². The lowest BCUT2D eigenvalue weighted by Gasteiger charge is -2.22. The predicted octanol–water partition coefficient (Wildman–Crippen LogP) is 0.834. The monoisotopic (exact) mass is 449 g/mol. The van der Waals surface area contributed by atoms with Gasteiger partial charge < -0.3 is 26.5 Å². The van der Waals surface area contributed by atoms with Crippen LogP contribution in [0.4, 0.5) is 0 Å². The van der Waals surface area contributed by atoms with Crippen LogP contribution in [0.15, 0.2) is 60.8 Å². The smallest absolute Gasteiger partial charge is 0.305 e. The maximum atomic E-state index is 13.1. The minimum atomic E-state index is -1.32. The number of nitrogens with two attached hydrogens (primary N) is 1. The number of benzene rings is 2. The molecule has 33 heavy (non-hydrogen) atoms. The summed E-state index contributed by atoms with van der Waals surface area (Å²) in [5.74, 6) is -2.60. The Kier molecular flexibility index (Phi) is 7.93. The molecule has 0 aliphatic carbocycles. The first kappa shape index (κ1) is 23.7. The molecule has 0 bridgehead atoms. The molecule has 9 heteroatoms. The lowest BCUT2D eigenvalue weighted by molar-refractivity contribution is -0.139. The minimum Gasteiger partial charge on any atom is -0.481 e. The number of rotatable bonds is 11. The quantitative estimate of drug-likeness (QED) is 0.292. The van der Waals surface area contributed by atoms with Crippen LogP contribution in [0.1, 0.15) is 17.5 Å². The van der Waals surface area contributed by atoms with Crippen LogP contribution < -0.4 is 16.4 Å². The molecule has 3 atom stereocenters. The number of carbonyl (C=O) groups excluding carboxylic acids is 3. The van der Waals surface area contributed by atoms with Crippen LogP contribution >= 0.6 is 0 Å². The maximum absolute atomic E-state index is 13.1. The molecule has 2 amide bonds. The number of carbonyl (C=O) groups is 3. The van der Waals surface area contributed by atoms with Gasteiger partial charge in [0.05, 0.1) is 18.5 Å². The van der Waals surface area contributed by atoms with Gasteiger partial charge in [0.2, 0.25) is 18.1 Å². The highest BCUT2D eigenvalue weighted by molar-refractivity contribution is 5.93. The van der Waals surface area contributed by atoms with Crippen LogP contribution in [-0.2, 0) is 32.0 Å². The number of aromatic amines is 1. The molecule has 9 nitrogen and oxygen atoms in total. The van der Waals surface area contributed by atoms with E-state index < -0.39 is 42.3 Å². The molecule has 1 heterocycles. The zero-order chi connectivity index (χ0) is 23.8. The molecular formula is C24H25N4O5. The Labute approximate surface area is 190 Å². The summed E-state index contributed by atoms with van der Waals surface area (Å²) < 4.78 is 0. The molecule has 3 rings (SSSR count). The van der Waals surface area contributed by atoms with E-state index in [2.05, 4.69) is 15.6 Å². The number of para-hydroxylation sites is 1. The second-order valence-corrected chi connectivity index (χ2v) is 7.70. The third-order valence-corrected chi connectivity index (χ3v) is 5.20. The molecule has 1 aromatic heterocycles. The van der Waals surface area contributed by atoms with Crippen LogP contribution in [-0.4, -0.2) is 52.3 Å². The minimum absolute atomic E-state index is 0.109. The van der Waals surface area contributed by atoms with Crippen LogP contribution in [0.2, 0.25) is 0 Å². The van der Waals surface area contributed by atoms with Crippen LogP contribution in [0, 0.1) is 0 Å². The first-order chi connectivity index (χ1) is 15.9. The molecular weight excluding hydrogens is 424 g/mol. The number of hydrogen-bond acceptors (Lipinski definition) is 5. The Morgan fingerprint density at radius 3 is 2.36 bits per heavy atom. The number of hydrogen-bond donors (Lipinski definition) is 5. The average Bonchev–Trinajstić information content (AvgIpc) is 3.21. The van der Waals surface area contributed by atoms with E-state index in [0.29, 0.717) is 0 Å². The Bertz CT molecular complexity index is 1130. The lowest BCUT2D eigenvalue weighted by Crippen LogP contribution is -2.54. The van der Waals surface area contributed by atoms with Crippen molar-refractivity contribution in [1.82, 2.24) is 15.6 Å². The topological polar surface area (TPSA) is 154 Å². The van der Waals surface area contributed by atoms with E-state index in [-0.39, 0.29) is 12.8 Å². The van der Waals surface area contributed by atoms with Gasteiger partial charge in [-0.1, -0.05) is 48.5 Å². The van der Waals surface area contributed by atoms with Gasteiger partial charge in [-0.15, -0.1) is 0 Å². The van der Waals surface area contributed by atoms with Gasteiger partial charge in [0.1, 0.15) is 6.04 Å². The number of nitrogens with one attached hydrogen (secondary N) is 3. The van der Waals surface area contributed by atoms with Crippen molar-refractivity contribution < 1.29 is 24.3 Å². The Hall–Kier alpha value is -3.98. The molecule has 171 valence electrons. The van der Waals surface area contributed by atoms with Gasteiger partial charge in [0, 0.05) is 29.9 Å². The fourth-order valence-electron chi connectivity index (χ4n) is 3.53. The summed E-state index contributed by atoms with van der Waals surface area (Å²) in [7, 11) is 0. The Balaban J connectivity index is 1.78. The van der Waals surface area contributed by atoms with Crippen molar-refractivity contribution in [3.63, 3.8) is 0 Å². The van der Waals surface area contributed by atoms with Crippen LogP contribution in [0.25, 0.3) is 10.9 Å². The van der Waals surface area contributed by atoms with Gasteiger partial charge in [0.25, 0.3) is 0 Å². The van der Waals surface area contributed by atoms with Crippen molar-refractivity contribution in [2.24, 2.45) is 5.73 Å². The molecule has 3 aromatic rings. The zero-order valence-electron chi connectivity index (χ0n) is 17.8. The highest BCUT2D eigenvalue weighted by Crippen LogP contribution is 2.19. The van der Waals surface area contributed by atoms with Gasteiger partial charge >= 0.3 is 5.97 Å². The van der Waals surface area contributed by atoms with Gasteiger partial charge in [0.15, 0.2) is 0 Å². The predicted molar refractivity (Wildman–Crippen MR) is 122 cm³/mol. The molecule has 1 radical (unpaired) electrons. The van der Waals surface area contributed by atoms with Crippen molar-refractivity contribution in [3.05, 3.63) is 71.9 Å². The summed E-state index contributed by atoms with van der Waals surface area (Å²) in [6.45, 7) is 0. The average molecular weight is 449 g/mol. The van der Waals surface area contributed by atoms with E-state index in [4.69, 9.17) is 10.8 Å². The first-order valence-electron chi connectivity index (χ1n) is 10.4. The van der Waals surface area contributed by atoms with Gasteiger partial charge in [-0.2, -0.15) is 0 Å². The molecule has 0 aliphatic rings. The number of aromatic nitrogens is 1. The third-order valence-electron chi connectivity index (χ3n) is 5.20. The number of carboxylic acid groups (broad SMARTS) is 1. The van der Waals surface area contributed by atoms with E-state index >= 15 is 0 Å². The highest BCUT2D eigenvalue weighted by Gasteiger charge is 2.27. The molecule has 2 aromatic carbocycles. The second kappa shape index (κ2) is 11.1. The fourth-order valence-corrected chi connectivity index (χ4v) is 3.53. The van der Waals surface area contributed by atoms with Gasteiger partial charge in [-0.25, -0.2) is 0 Å². The summed E-state index contributed by atoms with van der Waals surface area (Å²) >= 11 is 0. The zero-order valence-corrected chi connectivity index (χ0v) is 17.8. The van der Waals surface area contributed by atoms with Gasteiger partial charge in [-0.05, 0) is 17.2 Å². The number of fused-ring (bicyclic) bond motifs is 1. The second-order valence-electron chi connectivity index (χ2n) is 7.70. The summed E-state index contributed by atoms with van der Waals surface area (Å²) in [5, 5.41) is 14.9. The Morgan fingerprint density at radius 2 is 1.67 bits per heavy atom. The summed E-state index contributed by atoms with van der Waals surface area (Å²) in [4.78, 5) is 51.1. The number of aliphatic carboxylic acids is 1.